The fourth-order valence-corrected chi connectivity index (χ4v) is 8.16. The molecule has 6 aromatic carbocycles. The minimum Gasteiger partial charge on any atom is -0.275 e. The minimum absolute atomic E-state index is 0.853. The molecule has 0 spiro atoms. The first-order valence-electron chi connectivity index (χ1n) is 19.1. The standard InChI is InChI=1S/C50H34N6/c1-5-17-35(18-6-1)45-43(53-49-39-25-13-15-27-41(39)51-47(55(45)49)37-21-9-3-10-22-37)33-29-31-34(32-30-33)44-46(36-19-7-2-8-20-36)56-48(38-23-11-4-12-24-38)52-42-28-16-14-26-40(42)50(56)54-44/h1-15,17-27,29-32H,16,28H2. The van der Waals surface area contributed by atoms with Crippen LogP contribution in [0.3, 0.4) is 0 Å². The second-order valence-corrected chi connectivity index (χ2v) is 14.2. The smallest absolute Gasteiger partial charge is 0.149 e. The van der Waals surface area contributed by atoms with Gasteiger partial charge in [0.1, 0.15) is 22.9 Å². The highest BCUT2D eigenvalue weighted by Crippen LogP contribution is 2.41. The quantitative estimate of drug-likeness (QED) is 0.172. The van der Waals surface area contributed by atoms with Gasteiger partial charge in [0.25, 0.3) is 0 Å². The van der Waals surface area contributed by atoms with Gasteiger partial charge in [0.15, 0.2) is 0 Å². The van der Waals surface area contributed by atoms with E-state index < -0.39 is 0 Å². The second kappa shape index (κ2) is 13.1. The van der Waals surface area contributed by atoms with Crippen molar-refractivity contribution >= 4 is 28.3 Å². The summed E-state index contributed by atoms with van der Waals surface area (Å²) in [6, 6.07) is 59.0. The molecule has 4 heterocycles. The molecule has 0 atom stereocenters. The molecule has 264 valence electrons. The Labute approximate surface area is 323 Å². The minimum atomic E-state index is 0.853. The molecule has 0 radical (unpaired) electrons. The van der Waals surface area contributed by atoms with Gasteiger partial charge in [0.05, 0.1) is 34.0 Å². The largest absolute Gasteiger partial charge is 0.275 e. The van der Waals surface area contributed by atoms with E-state index in [0.717, 1.165) is 114 Å². The molecule has 6 nitrogen and oxygen atoms in total. The van der Waals surface area contributed by atoms with Crippen LogP contribution < -0.4 is 0 Å². The number of allylic oxidation sites excluding steroid dienone is 1. The number of imidazole rings is 2. The van der Waals surface area contributed by atoms with Crippen molar-refractivity contribution in [3.63, 3.8) is 0 Å². The van der Waals surface area contributed by atoms with Crippen LogP contribution in [-0.2, 0) is 6.42 Å². The maximum absolute atomic E-state index is 5.48. The van der Waals surface area contributed by atoms with E-state index in [-0.39, 0.29) is 0 Å². The monoisotopic (exact) mass is 718 g/mol. The van der Waals surface area contributed by atoms with Crippen LogP contribution in [0.4, 0.5) is 0 Å². The van der Waals surface area contributed by atoms with E-state index in [9.17, 15) is 0 Å². The Balaban J connectivity index is 1.16. The summed E-state index contributed by atoms with van der Waals surface area (Å²) in [6.07, 6.45) is 6.29. The number of fused-ring (bicyclic) bond motifs is 6. The molecule has 4 aromatic heterocycles. The zero-order valence-corrected chi connectivity index (χ0v) is 30.4. The molecule has 0 N–H and O–H groups in total. The third-order valence-corrected chi connectivity index (χ3v) is 10.8. The van der Waals surface area contributed by atoms with E-state index in [1.165, 1.54) is 0 Å². The molecule has 1 aliphatic carbocycles. The first-order chi connectivity index (χ1) is 27.8. The average molecular weight is 719 g/mol. The van der Waals surface area contributed by atoms with Gasteiger partial charge in [0.2, 0.25) is 0 Å². The number of rotatable bonds is 6. The zero-order chi connectivity index (χ0) is 37.0. The number of hydrogen-bond acceptors (Lipinski definition) is 4. The van der Waals surface area contributed by atoms with Gasteiger partial charge in [-0.3, -0.25) is 8.80 Å². The van der Waals surface area contributed by atoms with E-state index in [1.54, 1.807) is 0 Å². The Morgan fingerprint density at radius 1 is 0.393 bits per heavy atom. The lowest BCUT2D eigenvalue weighted by atomic mass is 10.0. The van der Waals surface area contributed by atoms with E-state index in [1.807, 2.05) is 12.1 Å². The molecule has 0 aliphatic heterocycles. The highest BCUT2D eigenvalue weighted by molar-refractivity contribution is 5.98. The third kappa shape index (κ3) is 5.18. The summed E-state index contributed by atoms with van der Waals surface area (Å²) in [5.41, 5.74) is 15.0. The lowest BCUT2D eigenvalue weighted by Crippen LogP contribution is -2.07. The van der Waals surface area contributed by atoms with Crippen LogP contribution in [-0.4, -0.2) is 28.7 Å². The molecule has 0 bridgehead atoms. The van der Waals surface area contributed by atoms with E-state index in [2.05, 4.69) is 179 Å². The first-order valence-corrected chi connectivity index (χ1v) is 19.1. The number of para-hydroxylation sites is 1. The van der Waals surface area contributed by atoms with Crippen molar-refractivity contribution in [1.29, 1.82) is 0 Å². The number of benzene rings is 6. The molecular weight excluding hydrogens is 685 g/mol. The predicted molar refractivity (Wildman–Crippen MR) is 227 cm³/mol. The van der Waals surface area contributed by atoms with Gasteiger partial charge in [-0.05, 0) is 25.0 Å². The molecule has 6 heteroatoms. The van der Waals surface area contributed by atoms with Gasteiger partial charge < -0.3 is 0 Å². The topological polar surface area (TPSA) is 60.4 Å². The lowest BCUT2D eigenvalue weighted by Gasteiger charge is -2.16. The fourth-order valence-electron chi connectivity index (χ4n) is 8.16. The second-order valence-electron chi connectivity index (χ2n) is 14.2. The van der Waals surface area contributed by atoms with E-state index in [0.29, 0.717) is 0 Å². The molecule has 56 heavy (non-hydrogen) atoms. The Morgan fingerprint density at radius 3 is 1.43 bits per heavy atom. The molecule has 0 saturated carbocycles. The number of aromatic nitrogens is 6. The first kappa shape index (κ1) is 32.0. The van der Waals surface area contributed by atoms with Crippen molar-refractivity contribution in [2.24, 2.45) is 0 Å². The Bertz CT molecular complexity index is 3090. The Morgan fingerprint density at radius 2 is 0.857 bits per heavy atom. The molecule has 0 saturated heterocycles. The van der Waals surface area contributed by atoms with Gasteiger partial charge in [-0.15, -0.1) is 0 Å². The zero-order valence-electron chi connectivity index (χ0n) is 30.4. The van der Waals surface area contributed by atoms with Gasteiger partial charge in [-0.1, -0.05) is 170 Å². The maximum atomic E-state index is 5.48. The van der Waals surface area contributed by atoms with Gasteiger partial charge in [-0.2, -0.15) is 0 Å². The molecule has 10 aromatic rings. The third-order valence-electron chi connectivity index (χ3n) is 10.8. The number of nitrogens with zero attached hydrogens (tertiary/aromatic N) is 6. The van der Waals surface area contributed by atoms with Crippen LogP contribution in [0.25, 0.3) is 96.1 Å². The molecule has 11 rings (SSSR count). The summed E-state index contributed by atoms with van der Waals surface area (Å²) in [7, 11) is 0. The maximum Gasteiger partial charge on any atom is 0.149 e. The van der Waals surface area contributed by atoms with Gasteiger partial charge in [-0.25, -0.2) is 19.9 Å². The summed E-state index contributed by atoms with van der Waals surface area (Å²) in [6.45, 7) is 0. The fraction of sp³-hybridized carbons (Fsp3) is 0.0400. The number of aryl methyl sites for hydroxylation is 1. The van der Waals surface area contributed by atoms with Crippen molar-refractivity contribution in [2.75, 3.05) is 0 Å². The molecule has 0 unspecified atom stereocenters. The van der Waals surface area contributed by atoms with Crippen molar-refractivity contribution in [1.82, 2.24) is 28.7 Å². The van der Waals surface area contributed by atoms with Crippen LogP contribution in [0.1, 0.15) is 17.7 Å². The molecule has 1 aliphatic rings. The van der Waals surface area contributed by atoms with Crippen LogP contribution in [0.15, 0.2) is 176 Å². The Kier molecular flexibility index (Phi) is 7.52. The van der Waals surface area contributed by atoms with Crippen molar-refractivity contribution < 1.29 is 0 Å². The summed E-state index contributed by atoms with van der Waals surface area (Å²) in [4.78, 5) is 21.5. The summed E-state index contributed by atoms with van der Waals surface area (Å²) >= 11 is 0. The molecular formula is C50H34N6. The normalized spacial score (nSPS) is 12.4. The van der Waals surface area contributed by atoms with Crippen LogP contribution in [0.5, 0.6) is 0 Å². The molecule has 0 amide bonds. The number of hydrogen-bond donors (Lipinski definition) is 0. The van der Waals surface area contributed by atoms with Crippen LogP contribution in [0, 0.1) is 0 Å². The summed E-state index contributed by atoms with van der Waals surface area (Å²) in [5.74, 6) is 1.75. The van der Waals surface area contributed by atoms with Crippen molar-refractivity contribution in [3.8, 4) is 67.8 Å². The molecule has 0 fully saturated rings. The SMILES string of the molecule is C1=Cc2c(nc(-c3ccccc3)n3c(-c4ccccc4)c(-c4ccc(-c5nc6c7ccccc7nc(-c7ccccc7)n6c5-c5ccccc5)cc4)nc23)CC1. The Hall–Kier alpha value is -7.44. The lowest BCUT2D eigenvalue weighted by molar-refractivity contribution is 0.908. The predicted octanol–water partition coefficient (Wildman–Crippen LogP) is 11.9. The van der Waals surface area contributed by atoms with Crippen LogP contribution in [0.2, 0.25) is 0 Å². The summed E-state index contributed by atoms with van der Waals surface area (Å²) in [5, 5.41) is 1.00. The van der Waals surface area contributed by atoms with E-state index >= 15 is 0 Å². The highest BCUT2D eigenvalue weighted by atomic mass is 15.1. The van der Waals surface area contributed by atoms with Crippen LogP contribution >= 0.6 is 0 Å². The van der Waals surface area contributed by atoms with Crippen molar-refractivity contribution in [2.45, 2.75) is 12.8 Å². The van der Waals surface area contributed by atoms with E-state index in [4.69, 9.17) is 19.9 Å². The highest BCUT2D eigenvalue weighted by Gasteiger charge is 2.26. The van der Waals surface area contributed by atoms with Gasteiger partial charge in [0, 0.05) is 44.3 Å². The summed E-state index contributed by atoms with van der Waals surface area (Å²) < 4.78 is 4.50. The average Bonchev–Trinajstić information content (AvgIpc) is 3.88. The van der Waals surface area contributed by atoms with Gasteiger partial charge >= 0.3 is 0 Å². The van der Waals surface area contributed by atoms with Crippen molar-refractivity contribution in [3.05, 3.63) is 187 Å².